The summed E-state index contributed by atoms with van der Waals surface area (Å²) in [6.07, 6.45) is 5.81. The zero-order valence-corrected chi connectivity index (χ0v) is 18.1. The summed E-state index contributed by atoms with van der Waals surface area (Å²) in [5.41, 5.74) is 2.13. The molecule has 0 spiro atoms. The van der Waals surface area contributed by atoms with Crippen molar-refractivity contribution in [3.63, 3.8) is 0 Å². The third-order valence-corrected chi connectivity index (χ3v) is 5.51. The number of hydrogen-bond acceptors (Lipinski definition) is 3. The van der Waals surface area contributed by atoms with E-state index in [9.17, 15) is 4.79 Å². The van der Waals surface area contributed by atoms with E-state index in [0.29, 0.717) is 31.2 Å². The Morgan fingerprint density at radius 2 is 2.11 bits per heavy atom. The standard InChI is InChI=1S/C20H28N4O2.HI/c1-2-21-20(23-17-12-16-9-10-18(17)26-16)22-13-14-5-7-15(8-6-14)24-11-3-4-19(24)25;/h5-8,16-18H,2-4,9-13H2,1H3,(H2,21,22,23);1H. The summed E-state index contributed by atoms with van der Waals surface area (Å²) in [6.45, 7) is 4.36. The van der Waals surface area contributed by atoms with Crippen LogP contribution in [0.25, 0.3) is 0 Å². The molecule has 3 heterocycles. The molecule has 1 aromatic carbocycles. The van der Waals surface area contributed by atoms with Crippen molar-refractivity contribution < 1.29 is 9.53 Å². The van der Waals surface area contributed by atoms with Crippen LogP contribution in [0.1, 0.15) is 44.6 Å². The Balaban J connectivity index is 0.00000210. The number of guanidine groups is 1. The minimum atomic E-state index is 0. The number of carbonyl (C=O) groups excluding carboxylic acids is 1. The summed E-state index contributed by atoms with van der Waals surface area (Å²) in [7, 11) is 0. The fourth-order valence-corrected chi connectivity index (χ4v) is 4.16. The first-order chi connectivity index (χ1) is 12.7. The van der Waals surface area contributed by atoms with Gasteiger partial charge in [0.15, 0.2) is 5.96 Å². The number of fused-ring (bicyclic) bond motifs is 2. The fourth-order valence-electron chi connectivity index (χ4n) is 4.16. The average molecular weight is 484 g/mol. The first-order valence-electron chi connectivity index (χ1n) is 9.82. The predicted molar refractivity (Wildman–Crippen MR) is 118 cm³/mol. The third kappa shape index (κ3) is 4.74. The lowest BCUT2D eigenvalue weighted by Gasteiger charge is -2.22. The third-order valence-electron chi connectivity index (χ3n) is 5.51. The zero-order valence-electron chi connectivity index (χ0n) is 15.8. The van der Waals surface area contributed by atoms with Crippen LogP contribution in [0.4, 0.5) is 5.69 Å². The van der Waals surface area contributed by atoms with Crippen LogP contribution >= 0.6 is 24.0 Å². The highest BCUT2D eigenvalue weighted by Crippen LogP contribution is 2.34. The Labute approximate surface area is 178 Å². The molecule has 2 bridgehead atoms. The fraction of sp³-hybridized carbons (Fsp3) is 0.600. The molecule has 0 aliphatic carbocycles. The van der Waals surface area contributed by atoms with Crippen LogP contribution in [-0.2, 0) is 16.1 Å². The lowest BCUT2D eigenvalue weighted by molar-refractivity contribution is -0.117. The molecule has 0 saturated carbocycles. The van der Waals surface area contributed by atoms with Crippen LogP contribution in [0.5, 0.6) is 0 Å². The van der Waals surface area contributed by atoms with Crippen molar-refractivity contribution in [1.82, 2.24) is 10.6 Å². The number of benzene rings is 1. The predicted octanol–water partition coefficient (Wildman–Crippen LogP) is 2.81. The molecule has 7 heteroatoms. The van der Waals surface area contributed by atoms with Crippen molar-refractivity contribution in [1.29, 1.82) is 0 Å². The van der Waals surface area contributed by atoms with Crippen LogP contribution in [-0.4, -0.2) is 43.2 Å². The smallest absolute Gasteiger partial charge is 0.227 e. The molecule has 3 atom stereocenters. The van der Waals surface area contributed by atoms with E-state index in [1.165, 1.54) is 6.42 Å². The summed E-state index contributed by atoms with van der Waals surface area (Å²) >= 11 is 0. The SMILES string of the molecule is CCNC(=NCc1ccc(N2CCCC2=O)cc1)NC1CC2CCC1O2.I. The van der Waals surface area contributed by atoms with Crippen molar-refractivity contribution in [2.24, 2.45) is 4.99 Å². The number of nitrogens with zero attached hydrogens (tertiary/aromatic N) is 2. The Morgan fingerprint density at radius 1 is 1.30 bits per heavy atom. The van der Waals surface area contributed by atoms with Crippen LogP contribution in [0, 0.1) is 0 Å². The molecular formula is C20H29IN4O2. The Morgan fingerprint density at radius 3 is 2.70 bits per heavy atom. The number of ether oxygens (including phenoxy) is 1. The quantitative estimate of drug-likeness (QED) is 0.384. The molecule has 4 rings (SSSR count). The molecule has 1 aromatic rings. The van der Waals surface area contributed by atoms with Crippen LogP contribution < -0.4 is 15.5 Å². The Kier molecular flexibility index (Phi) is 6.97. The first kappa shape index (κ1) is 20.4. The number of anilines is 1. The number of halogens is 1. The number of carbonyl (C=O) groups is 1. The maximum absolute atomic E-state index is 11.8. The molecule has 148 valence electrons. The average Bonchev–Trinajstić information content (AvgIpc) is 3.37. The highest BCUT2D eigenvalue weighted by molar-refractivity contribution is 14.0. The van der Waals surface area contributed by atoms with Crippen molar-refractivity contribution >= 4 is 41.5 Å². The van der Waals surface area contributed by atoms with Crippen molar-refractivity contribution in [2.75, 3.05) is 18.0 Å². The molecule has 0 radical (unpaired) electrons. The van der Waals surface area contributed by atoms with Gasteiger partial charge in [-0.25, -0.2) is 4.99 Å². The largest absolute Gasteiger partial charge is 0.373 e. The van der Waals surface area contributed by atoms with Gasteiger partial charge in [-0.15, -0.1) is 24.0 Å². The van der Waals surface area contributed by atoms with E-state index in [-0.39, 0.29) is 29.9 Å². The van der Waals surface area contributed by atoms with E-state index in [1.807, 2.05) is 17.0 Å². The number of aliphatic imine (C=N–C) groups is 1. The van der Waals surface area contributed by atoms with Crippen molar-refractivity contribution in [3.05, 3.63) is 29.8 Å². The summed E-state index contributed by atoms with van der Waals surface area (Å²) < 4.78 is 5.92. The highest BCUT2D eigenvalue weighted by Gasteiger charge is 2.41. The monoisotopic (exact) mass is 484 g/mol. The summed E-state index contributed by atoms with van der Waals surface area (Å²) in [5, 5.41) is 6.87. The first-order valence-corrected chi connectivity index (χ1v) is 9.82. The lowest BCUT2D eigenvalue weighted by atomic mass is 9.96. The molecule has 6 nitrogen and oxygen atoms in total. The van der Waals surface area contributed by atoms with E-state index in [4.69, 9.17) is 9.73 Å². The number of rotatable bonds is 5. The number of nitrogens with one attached hydrogen (secondary N) is 2. The van der Waals surface area contributed by atoms with Crippen molar-refractivity contribution in [3.8, 4) is 0 Å². The molecule has 3 saturated heterocycles. The van der Waals surface area contributed by atoms with Crippen LogP contribution in [0.15, 0.2) is 29.3 Å². The molecule has 3 fully saturated rings. The zero-order chi connectivity index (χ0) is 17.9. The molecule has 0 aromatic heterocycles. The van der Waals surface area contributed by atoms with Gasteiger partial charge in [-0.1, -0.05) is 12.1 Å². The van der Waals surface area contributed by atoms with Gasteiger partial charge in [0.05, 0.1) is 24.8 Å². The van der Waals surface area contributed by atoms with Gasteiger partial charge in [-0.05, 0) is 50.3 Å². The summed E-state index contributed by atoms with van der Waals surface area (Å²) in [6, 6.07) is 8.55. The molecule has 1 amide bonds. The van der Waals surface area contributed by atoms with Gasteiger partial charge in [0.2, 0.25) is 5.91 Å². The maximum Gasteiger partial charge on any atom is 0.227 e. The summed E-state index contributed by atoms with van der Waals surface area (Å²) in [4.78, 5) is 18.4. The highest BCUT2D eigenvalue weighted by atomic mass is 127. The van der Waals surface area contributed by atoms with Gasteiger partial charge >= 0.3 is 0 Å². The van der Waals surface area contributed by atoms with E-state index in [0.717, 1.165) is 49.6 Å². The summed E-state index contributed by atoms with van der Waals surface area (Å²) in [5.74, 6) is 1.08. The van der Waals surface area contributed by atoms with Crippen molar-refractivity contribution in [2.45, 2.75) is 63.8 Å². The van der Waals surface area contributed by atoms with Gasteiger partial charge < -0.3 is 20.3 Å². The molecule has 3 unspecified atom stereocenters. The molecular weight excluding hydrogens is 455 g/mol. The van der Waals surface area contributed by atoms with Gasteiger partial charge in [0.1, 0.15) is 0 Å². The molecule has 3 aliphatic heterocycles. The van der Waals surface area contributed by atoms with E-state index < -0.39 is 0 Å². The number of hydrogen-bond donors (Lipinski definition) is 2. The minimum Gasteiger partial charge on any atom is -0.373 e. The number of amides is 1. The minimum absolute atomic E-state index is 0. The second kappa shape index (κ2) is 9.23. The molecule has 2 N–H and O–H groups in total. The van der Waals surface area contributed by atoms with Crippen LogP contribution in [0.2, 0.25) is 0 Å². The van der Waals surface area contributed by atoms with Gasteiger partial charge in [0.25, 0.3) is 0 Å². The molecule has 3 aliphatic rings. The van der Waals surface area contributed by atoms with E-state index in [2.05, 4.69) is 29.7 Å². The lowest BCUT2D eigenvalue weighted by Crippen LogP contribution is -2.47. The Hall–Kier alpha value is -1.35. The second-order valence-electron chi connectivity index (χ2n) is 7.37. The second-order valence-corrected chi connectivity index (χ2v) is 7.37. The van der Waals surface area contributed by atoms with Gasteiger partial charge in [-0.3, -0.25) is 4.79 Å². The Bertz CT molecular complexity index is 679. The normalized spacial score (nSPS) is 27.0. The van der Waals surface area contributed by atoms with Gasteiger partial charge in [-0.2, -0.15) is 0 Å². The van der Waals surface area contributed by atoms with Gasteiger partial charge in [0, 0.05) is 25.2 Å². The van der Waals surface area contributed by atoms with E-state index >= 15 is 0 Å². The molecule has 27 heavy (non-hydrogen) atoms. The van der Waals surface area contributed by atoms with E-state index in [1.54, 1.807) is 0 Å². The topological polar surface area (TPSA) is 66.0 Å². The maximum atomic E-state index is 11.8. The van der Waals surface area contributed by atoms with Crippen LogP contribution in [0.3, 0.4) is 0 Å².